The van der Waals surface area contributed by atoms with Gasteiger partial charge in [0.1, 0.15) is 5.82 Å². The predicted molar refractivity (Wildman–Crippen MR) is 93.6 cm³/mol. The number of aromatic nitrogens is 2. The van der Waals surface area contributed by atoms with E-state index >= 15 is 0 Å². The lowest BCUT2D eigenvalue weighted by Crippen LogP contribution is -2.30. The molecule has 6 nitrogen and oxygen atoms in total. The van der Waals surface area contributed by atoms with Crippen molar-refractivity contribution < 1.29 is 9.18 Å². The molecule has 1 atom stereocenters. The number of anilines is 1. The smallest absolute Gasteiger partial charge is 0.252 e. The van der Waals surface area contributed by atoms with E-state index in [2.05, 4.69) is 15.3 Å². The van der Waals surface area contributed by atoms with Crippen molar-refractivity contribution in [3.05, 3.63) is 56.7 Å². The number of carbonyl (C=O) groups excluding carboxylic acids is 1. The molecule has 8 heteroatoms. The summed E-state index contributed by atoms with van der Waals surface area (Å²) in [6, 6.07) is 4.63. The minimum absolute atomic E-state index is 0.120. The average molecular weight is 365 g/mol. The molecule has 0 spiro atoms. The first-order valence-corrected chi connectivity index (χ1v) is 8.44. The number of H-pyrrole nitrogens is 1. The maximum absolute atomic E-state index is 13.2. The van der Waals surface area contributed by atoms with E-state index in [0.29, 0.717) is 11.6 Å². The molecule has 1 aliphatic heterocycles. The summed E-state index contributed by atoms with van der Waals surface area (Å²) in [6.45, 7) is 3.43. The summed E-state index contributed by atoms with van der Waals surface area (Å²) in [7, 11) is 0. The molecule has 1 aromatic carbocycles. The van der Waals surface area contributed by atoms with Crippen LogP contribution in [0.25, 0.3) is 0 Å². The van der Waals surface area contributed by atoms with Gasteiger partial charge in [-0.15, -0.1) is 0 Å². The molecule has 25 heavy (non-hydrogen) atoms. The van der Waals surface area contributed by atoms with Gasteiger partial charge in [0.15, 0.2) is 0 Å². The van der Waals surface area contributed by atoms with Gasteiger partial charge in [-0.1, -0.05) is 11.6 Å². The molecule has 1 fully saturated rings. The molecule has 1 aromatic heterocycles. The Hall–Kier alpha value is -2.41. The van der Waals surface area contributed by atoms with Gasteiger partial charge in [0.25, 0.3) is 11.5 Å². The van der Waals surface area contributed by atoms with E-state index in [-0.39, 0.29) is 16.1 Å². The molecular formula is C17H18ClFN4O2. The van der Waals surface area contributed by atoms with Gasteiger partial charge in [-0.2, -0.15) is 0 Å². The van der Waals surface area contributed by atoms with Gasteiger partial charge in [0.2, 0.25) is 5.95 Å². The fraction of sp³-hybridized carbons (Fsp3) is 0.353. The first kappa shape index (κ1) is 17.4. The molecule has 0 saturated carbocycles. The monoisotopic (exact) mass is 364 g/mol. The molecule has 2 N–H and O–H groups in total. The summed E-state index contributed by atoms with van der Waals surface area (Å²) in [5.41, 5.74) is 0.438. The Morgan fingerprint density at radius 3 is 2.76 bits per heavy atom. The van der Waals surface area contributed by atoms with E-state index in [1.54, 1.807) is 6.92 Å². The first-order valence-electron chi connectivity index (χ1n) is 8.06. The lowest BCUT2D eigenvalue weighted by atomic mass is 10.1. The van der Waals surface area contributed by atoms with Gasteiger partial charge in [-0.3, -0.25) is 14.6 Å². The molecule has 0 radical (unpaired) electrons. The standard InChI is InChI=1S/C17H18ClFN4O2/c1-10(20-16(25)11-4-5-13(19)12(18)8-11)14-9-15(24)22-17(21-14)23-6-2-3-7-23/h4-5,8-10H,2-3,6-7H2,1H3,(H,20,25)(H,21,22,24)/t10-/m0/s1. The number of rotatable bonds is 4. The van der Waals surface area contributed by atoms with E-state index in [1.165, 1.54) is 18.2 Å². The van der Waals surface area contributed by atoms with Gasteiger partial charge in [0.05, 0.1) is 16.8 Å². The zero-order valence-corrected chi connectivity index (χ0v) is 14.4. The van der Waals surface area contributed by atoms with Crippen LogP contribution in [0.2, 0.25) is 5.02 Å². The van der Waals surface area contributed by atoms with Crippen molar-refractivity contribution in [3.63, 3.8) is 0 Å². The Bertz CT molecular complexity index is 849. The minimum atomic E-state index is -0.585. The largest absolute Gasteiger partial charge is 0.344 e. The number of nitrogens with zero attached hydrogens (tertiary/aromatic N) is 2. The van der Waals surface area contributed by atoms with E-state index < -0.39 is 17.8 Å². The van der Waals surface area contributed by atoms with Gasteiger partial charge >= 0.3 is 0 Å². The predicted octanol–water partition coefficient (Wildman–Crippen LogP) is 2.65. The summed E-state index contributed by atoms with van der Waals surface area (Å²) in [5.74, 6) is -0.483. The third kappa shape index (κ3) is 3.99. The summed E-state index contributed by atoms with van der Waals surface area (Å²) in [6.07, 6.45) is 2.12. The Labute approximate surface area is 149 Å². The Morgan fingerprint density at radius 2 is 2.08 bits per heavy atom. The van der Waals surface area contributed by atoms with Crippen molar-refractivity contribution in [2.24, 2.45) is 0 Å². The maximum Gasteiger partial charge on any atom is 0.252 e. The number of benzene rings is 1. The van der Waals surface area contributed by atoms with Crippen LogP contribution in [-0.4, -0.2) is 29.0 Å². The lowest BCUT2D eigenvalue weighted by molar-refractivity contribution is 0.0939. The molecular weight excluding hydrogens is 347 g/mol. The highest BCUT2D eigenvalue weighted by Gasteiger charge is 2.19. The van der Waals surface area contributed by atoms with Crippen molar-refractivity contribution in [1.82, 2.24) is 15.3 Å². The third-order valence-electron chi connectivity index (χ3n) is 4.13. The molecule has 1 aliphatic rings. The van der Waals surface area contributed by atoms with Crippen molar-refractivity contribution >= 4 is 23.5 Å². The third-order valence-corrected chi connectivity index (χ3v) is 4.42. The molecule has 0 aliphatic carbocycles. The Morgan fingerprint density at radius 1 is 1.36 bits per heavy atom. The van der Waals surface area contributed by atoms with Crippen LogP contribution in [0.1, 0.15) is 41.9 Å². The number of hydrogen-bond donors (Lipinski definition) is 2. The number of aromatic amines is 1. The summed E-state index contributed by atoms with van der Waals surface area (Å²) in [4.78, 5) is 33.4. The van der Waals surface area contributed by atoms with Crippen LogP contribution in [-0.2, 0) is 0 Å². The highest BCUT2D eigenvalue weighted by atomic mass is 35.5. The SMILES string of the molecule is C[C@H](NC(=O)c1ccc(F)c(Cl)c1)c1cc(=O)[nH]c(N2CCCC2)n1. The van der Waals surface area contributed by atoms with E-state index in [4.69, 9.17) is 11.6 Å². The van der Waals surface area contributed by atoms with E-state index in [1.807, 2.05) is 4.90 Å². The van der Waals surface area contributed by atoms with Crippen LogP contribution in [0, 0.1) is 5.82 Å². The van der Waals surface area contributed by atoms with Gasteiger partial charge in [-0.25, -0.2) is 9.37 Å². The van der Waals surface area contributed by atoms with Crippen LogP contribution in [0.15, 0.2) is 29.1 Å². The number of amides is 1. The second-order valence-corrected chi connectivity index (χ2v) is 6.42. The second-order valence-electron chi connectivity index (χ2n) is 6.01. The maximum atomic E-state index is 13.2. The highest BCUT2D eigenvalue weighted by Crippen LogP contribution is 2.19. The quantitative estimate of drug-likeness (QED) is 0.874. The topological polar surface area (TPSA) is 78.1 Å². The normalized spacial score (nSPS) is 15.2. The number of halogens is 2. The number of carbonyl (C=O) groups is 1. The molecule has 1 saturated heterocycles. The average Bonchev–Trinajstić information content (AvgIpc) is 3.11. The van der Waals surface area contributed by atoms with Gasteiger partial charge in [0, 0.05) is 24.7 Å². The summed E-state index contributed by atoms with van der Waals surface area (Å²) in [5, 5.41) is 2.63. The molecule has 0 unspecified atom stereocenters. The highest BCUT2D eigenvalue weighted by molar-refractivity contribution is 6.31. The minimum Gasteiger partial charge on any atom is -0.344 e. The lowest BCUT2D eigenvalue weighted by Gasteiger charge is -2.19. The fourth-order valence-corrected chi connectivity index (χ4v) is 2.94. The Balaban J connectivity index is 1.78. The van der Waals surface area contributed by atoms with Gasteiger partial charge in [-0.05, 0) is 38.0 Å². The molecule has 0 bridgehead atoms. The second kappa shape index (κ2) is 7.23. The first-order chi connectivity index (χ1) is 11.9. The summed E-state index contributed by atoms with van der Waals surface area (Å²) >= 11 is 5.71. The number of nitrogens with one attached hydrogen (secondary N) is 2. The molecule has 2 heterocycles. The Kier molecular flexibility index (Phi) is 5.03. The van der Waals surface area contributed by atoms with E-state index in [9.17, 15) is 14.0 Å². The zero-order chi connectivity index (χ0) is 18.0. The van der Waals surface area contributed by atoms with Crippen molar-refractivity contribution in [3.8, 4) is 0 Å². The van der Waals surface area contributed by atoms with Crippen LogP contribution in [0.4, 0.5) is 10.3 Å². The molecule has 132 valence electrons. The van der Waals surface area contributed by atoms with Crippen LogP contribution in [0.5, 0.6) is 0 Å². The summed E-state index contributed by atoms with van der Waals surface area (Å²) < 4.78 is 13.2. The zero-order valence-electron chi connectivity index (χ0n) is 13.7. The number of hydrogen-bond acceptors (Lipinski definition) is 4. The van der Waals surface area contributed by atoms with Gasteiger partial charge < -0.3 is 10.2 Å². The van der Waals surface area contributed by atoms with Crippen LogP contribution in [0.3, 0.4) is 0 Å². The van der Waals surface area contributed by atoms with Crippen molar-refractivity contribution in [2.75, 3.05) is 18.0 Å². The molecule has 1 amide bonds. The molecule has 2 aromatic rings. The van der Waals surface area contributed by atoms with Crippen LogP contribution >= 0.6 is 11.6 Å². The van der Waals surface area contributed by atoms with Crippen molar-refractivity contribution in [2.45, 2.75) is 25.8 Å². The fourth-order valence-electron chi connectivity index (χ4n) is 2.75. The molecule has 3 rings (SSSR count). The van der Waals surface area contributed by atoms with Crippen LogP contribution < -0.4 is 15.8 Å². The van der Waals surface area contributed by atoms with E-state index in [0.717, 1.165) is 32.0 Å². The van der Waals surface area contributed by atoms with Crippen molar-refractivity contribution in [1.29, 1.82) is 0 Å².